The standard InChI is InChI=1S/C31H38ClN3O4S/c1-6-17-33-31(37)29(7-2)34(20-25-10-8-9-22(3)18-25)30(36)21-35(27-14-11-23(4)24(5)19-27)40(38,39)28-15-12-26(32)13-16-28/h8-16,18-19,29H,6-7,17,20-21H2,1-5H3,(H,33,37)/t29-/m1/s1. The van der Waals surface area contributed by atoms with Gasteiger partial charge < -0.3 is 10.2 Å². The van der Waals surface area contributed by atoms with E-state index in [0.29, 0.717) is 23.7 Å². The first-order valence-corrected chi connectivity index (χ1v) is 15.3. The number of hydrogen-bond donors (Lipinski definition) is 1. The maximum Gasteiger partial charge on any atom is 0.264 e. The van der Waals surface area contributed by atoms with Crippen molar-refractivity contribution in [1.82, 2.24) is 10.2 Å². The molecule has 1 N–H and O–H groups in total. The van der Waals surface area contributed by atoms with Crippen molar-refractivity contribution in [3.8, 4) is 0 Å². The van der Waals surface area contributed by atoms with Crippen molar-refractivity contribution in [3.63, 3.8) is 0 Å². The van der Waals surface area contributed by atoms with Crippen molar-refractivity contribution in [3.05, 3.63) is 94.0 Å². The lowest BCUT2D eigenvalue weighted by molar-refractivity contribution is -0.140. The average molecular weight is 584 g/mol. The van der Waals surface area contributed by atoms with Crippen molar-refractivity contribution in [1.29, 1.82) is 0 Å². The van der Waals surface area contributed by atoms with E-state index in [2.05, 4.69) is 5.32 Å². The minimum atomic E-state index is -4.15. The number of benzene rings is 3. The highest BCUT2D eigenvalue weighted by Crippen LogP contribution is 2.27. The van der Waals surface area contributed by atoms with Gasteiger partial charge in [0.1, 0.15) is 12.6 Å². The smallest absolute Gasteiger partial charge is 0.264 e. The average Bonchev–Trinajstić information content (AvgIpc) is 2.92. The fourth-order valence-corrected chi connectivity index (χ4v) is 5.97. The van der Waals surface area contributed by atoms with E-state index in [1.807, 2.05) is 65.0 Å². The van der Waals surface area contributed by atoms with E-state index in [9.17, 15) is 18.0 Å². The molecule has 0 spiro atoms. The van der Waals surface area contributed by atoms with Crippen LogP contribution in [0.2, 0.25) is 5.02 Å². The predicted molar refractivity (Wildman–Crippen MR) is 161 cm³/mol. The molecule has 0 radical (unpaired) electrons. The summed E-state index contributed by atoms with van der Waals surface area (Å²) in [7, 11) is -4.15. The molecule has 9 heteroatoms. The Balaban J connectivity index is 2.08. The molecule has 214 valence electrons. The Kier molecular flexibility index (Phi) is 10.8. The number of sulfonamides is 1. The lowest BCUT2D eigenvalue weighted by atomic mass is 10.1. The Hall–Kier alpha value is -3.36. The number of carbonyl (C=O) groups excluding carboxylic acids is 2. The lowest BCUT2D eigenvalue weighted by Crippen LogP contribution is -2.52. The molecule has 1 atom stereocenters. The van der Waals surface area contributed by atoms with E-state index in [0.717, 1.165) is 33.0 Å². The van der Waals surface area contributed by atoms with Gasteiger partial charge in [0.2, 0.25) is 11.8 Å². The number of amides is 2. The summed E-state index contributed by atoms with van der Waals surface area (Å²) in [6, 6.07) is 18.1. The van der Waals surface area contributed by atoms with Gasteiger partial charge in [-0.05, 0) is 86.7 Å². The number of anilines is 1. The number of halogens is 1. The first kappa shape index (κ1) is 31.2. The Bertz CT molecular complexity index is 1440. The van der Waals surface area contributed by atoms with Crippen LogP contribution in [0.25, 0.3) is 0 Å². The van der Waals surface area contributed by atoms with Crippen LogP contribution in [0.4, 0.5) is 5.69 Å². The monoisotopic (exact) mass is 583 g/mol. The molecule has 0 aromatic heterocycles. The Morgan fingerprint density at radius 2 is 1.62 bits per heavy atom. The molecule has 0 fully saturated rings. The summed E-state index contributed by atoms with van der Waals surface area (Å²) in [5.74, 6) is -0.737. The third-order valence-corrected chi connectivity index (χ3v) is 8.87. The minimum absolute atomic E-state index is 0.0147. The molecule has 0 saturated carbocycles. The molecule has 0 unspecified atom stereocenters. The number of aryl methyl sites for hydroxylation is 3. The summed E-state index contributed by atoms with van der Waals surface area (Å²) in [6.45, 7) is 9.77. The molecule has 0 aliphatic heterocycles. The van der Waals surface area contributed by atoms with E-state index in [1.165, 1.54) is 29.2 Å². The summed E-state index contributed by atoms with van der Waals surface area (Å²) in [6.07, 6.45) is 1.13. The molecule has 0 aliphatic rings. The van der Waals surface area contributed by atoms with Gasteiger partial charge in [-0.2, -0.15) is 0 Å². The van der Waals surface area contributed by atoms with Crippen LogP contribution >= 0.6 is 11.6 Å². The van der Waals surface area contributed by atoms with Crippen LogP contribution < -0.4 is 9.62 Å². The highest BCUT2D eigenvalue weighted by molar-refractivity contribution is 7.92. The molecule has 0 heterocycles. The van der Waals surface area contributed by atoms with Crippen LogP contribution in [0, 0.1) is 20.8 Å². The van der Waals surface area contributed by atoms with Gasteiger partial charge in [0, 0.05) is 18.1 Å². The Morgan fingerprint density at radius 1 is 0.925 bits per heavy atom. The van der Waals surface area contributed by atoms with Gasteiger partial charge in [-0.1, -0.05) is 61.3 Å². The summed E-state index contributed by atoms with van der Waals surface area (Å²) >= 11 is 6.02. The molecule has 3 aromatic carbocycles. The number of nitrogens with zero attached hydrogens (tertiary/aromatic N) is 2. The maximum absolute atomic E-state index is 14.1. The zero-order chi connectivity index (χ0) is 29.4. The second kappa shape index (κ2) is 13.8. The molecular formula is C31H38ClN3O4S. The van der Waals surface area contributed by atoms with E-state index >= 15 is 0 Å². The van der Waals surface area contributed by atoms with Gasteiger partial charge in [0.15, 0.2) is 0 Å². The summed E-state index contributed by atoms with van der Waals surface area (Å²) < 4.78 is 29.0. The lowest BCUT2D eigenvalue weighted by Gasteiger charge is -2.33. The van der Waals surface area contributed by atoms with Crippen molar-refractivity contribution in [2.75, 3.05) is 17.4 Å². The van der Waals surface area contributed by atoms with Gasteiger partial charge in [-0.15, -0.1) is 0 Å². The molecule has 0 aliphatic carbocycles. The topological polar surface area (TPSA) is 86.8 Å². The summed E-state index contributed by atoms with van der Waals surface area (Å²) in [5.41, 5.74) is 4.14. The van der Waals surface area contributed by atoms with Crippen LogP contribution in [0.15, 0.2) is 71.6 Å². The largest absolute Gasteiger partial charge is 0.354 e. The van der Waals surface area contributed by atoms with E-state index in [-0.39, 0.29) is 17.3 Å². The molecule has 0 bridgehead atoms. The van der Waals surface area contributed by atoms with Crippen LogP contribution in [0.3, 0.4) is 0 Å². The normalized spacial score (nSPS) is 12.1. The van der Waals surface area contributed by atoms with Crippen molar-refractivity contribution >= 4 is 39.1 Å². The van der Waals surface area contributed by atoms with E-state index in [4.69, 9.17) is 11.6 Å². The fraction of sp³-hybridized carbons (Fsp3) is 0.355. The fourth-order valence-electron chi connectivity index (χ4n) is 4.44. The van der Waals surface area contributed by atoms with Gasteiger partial charge in [0.05, 0.1) is 10.6 Å². The van der Waals surface area contributed by atoms with Gasteiger partial charge in [0.25, 0.3) is 10.0 Å². The second-order valence-electron chi connectivity index (χ2n) is 9.96. The van der Waals surface area contributed by atoms with E-state index in [1.54, 1.807) is 12.1 Å². The molecule has 3 rings (SSSR count). The van der Waals surface area contributed by atoms with E-state index < -0.39 is 28.5 Å². The third-order valence-electron chi connectivity index (χ3n) is 6.83. The van der Waals surface area contributed by atoms with Gasteiger partial charge >= 0.3 is 0 Å². The quantitative estimate of drug-likeness (QED) is 0.292. The second-order valence-corrected chi connectivity index (χ2v) is 12.3. The first-order chi connectivity index (χ1) is 19.0. The molecule has 3 aromatic rings. The van der Waals surface area contributed by atoms with Crippen LogP contribution in [-0.2, 0) is 26.2 Å². The SMILES string of the molecule is CCCNC(=O)[C@@H](CC)N(Cc1cccc(C)c1)C(=O)CN(c1ccc(C)c(C)c1)S(=O)(=O)c1ccc(Cl)cc1. The highest BCUT2D eigenvalue weighted by atomic mass is 35.5. The van der Waals surface area contributed by atoms with Crippen LogP contribution in [0.5, 0.6) is 0 Å². The minimum Gasteiger partial charge on any atom is -0.354 e. The van der Waals surface area contributed by atoms with Gasteiger partial charge in [-0.25, -0.2) is 8.42 Å². The number of carbonyl (C=O) groups is 2. The van der Waals surface area contributed by atoms with Gasteiger partial charge in [-0.3, -0.25) is 13.9 Å². The van der Waals surface area contributed by atoms with Crippen LogP contribution in [-0.4, -0.2) is 44.3 Å². The maximum atomic E-state index is 14.1. The van der Waals surface area contributed by atoms with Crippen LogP contribution in [0.1, 0.15) is 48.9 Å². The third kappa shape index (κ3) is 7.64. The zero-order valence-electron chi connectivity index (χ0n) is 23.8. The number of rotatable bonds is 12. The van der Waals surface area contributed by atoms with Crippen molar-refractivity contribution in [2.45, 2.75) is 64.9 Å². The zero-order valence-corrected chi connectivity index (χ0v) is 25.3. The van der Waals surface area contributed by atoms with Crippen molar-refractivity contribution < 1.29 is 18.0 Å². The van der Waals surface area contributed by atoms with Crippen molar-refractivity contribution in [2.24, 2.45) is 0 Å². The molecular weight excluding hydrogens is 546 g/mol. The Morgan fingerprint density at radius 3 is 2.23 bits per heavy atom. The molecule has 2 amide bonds. The molecule has 40 heavy (non-hydrogen) atoms. The first-order valence-electron chi connectivity index (χ1n) is 13.5. The number of hydrogen-bond acceptors (Lipinski definition) is 4. The summed E-state index contributed by atoms with van der Waals surface area (Å²) in [4.78, 5) is 28.8. The Labute approximate surface area is 243 Å². The number of nitrogens with one attached hydrogen (secondary N) is 1. The summed E-state index contributed by atoms with van der Waals surface area (Å²) in [5, 5.41) is 3.30. The molecule has 0 saturated heterocycles. The highest BCUT2D eigenvalue weighted by Gasteiger charge is 2.33. The molecule has 7 nitrogen and oxygen atoms in total. The predicted octanol–water partition coefficient (Wildman–Crippen LogP) is 5.79.